The van der Waals surface area contributed by atoms with Gasteiger partial charge in [0.25, 0.3) is 0 Å². The van der Waals surface area contributed by atoms with E-state index in [1.54, 1.807) is 14.0 Å². The first-order valence-corrected chi connectivity index (χ1v) is 5.44. The van der Waals surface area contributed by atoms with Crippen LogP contribution in [0, 0.1) is 0 Å². The summed E-state index contributed by atoms with van der Waals surface area (Å²) in [6.07, 6.45) is -1.58. The van der Waals surface area contributed by atoms with Gasteiger partial charge in [-0.1, -0.05) is 0 Å². The van der Waals surface area contributed by atoms with E-state index >= 15 is 0 Å². The van der Waals surface area contributed by atoms with E-state index in [1.165, 1.54) is 9.80 Å². The Morgan fingerprint density at radius 1 is 1.59 bits per heavy atom. The van der Waals surface area contributed by atoms with Crippen LogP contribution in [0.3, 0.4) is 0 Å². The van der Waals surface area contributed by atoms with Crippen molar-refractivity contribution in [3.8, 4) is 0 Å². The summed E-state index contributed by atoms with van der Waals surface area (Å²) in [4.78, 5) is 25.4. The van der Waals surface area contributed by atoms with Crippen LogP contribution in [0.4, 0.5) is 4.79 Å². The third-order valence-electron chi connectivity index (χ3n) is 2.48. The molecule has 98 valence electrons. The molecule has 1 fully saturated rings. The highest BCUT2D eigenvalue weighted by Crippen LogP contribution is 2.08. The van der Waals surface area contributed by atoms with Crippen molar-refractivity contribution in [1.29, 1.82) is 0 Å². The SMILES string of the molecule is CC(O)CN(C)C(=O)N1CCOC(C(=O)O)C1. The van der Waals surface area contributed by atoms with Crippen LogP contribution in [0.1, 0.15) is 6.92 Å². The number of morpholine rings is 1. The van der Waals surface area contributed by atoms with E-state index in [0.717, 1.165) is 0 Å². The van der Waals surface area contributed by atoms with Gasteiger partial charge in [-0.15, -0.1) is 0 Å². The third kappa shape index (κ3) is 3.86. The van der Waals surface area contributed by atoms with Crippen molar-refractivity contribution in [3.63, 3.8) is 0 Å². The highest BCUT2D eigenvalue weighted by atomic mass is 16.5. The largest absolute Gasteiger partial charge is 0.479 e. The van der Waals surface area contributed by atoms with Crippen LogP contribution in [0.25, 0.3) is 0 Å². The van der Waals surface area contributed by atoms with Crippen LogP contribution in [0.15, 0.2) is 0 Å². The maximum atomic E-state index is 11.9. The highest BCUT2D eigenvalue weighted by Gasteiger charge is 2.30. The number of carbonyl (C=O) groups excluding carboxylic acids is 1. The summed E-state index contributed by atoms with van der Waals surface area (Å²) in [5, 5.41) is 18.0. The van der Waals surface area contributed by atoms with E-state index in [1.807, 2.05) is 0 Å². The summed E-state index contributed by atoms with van der Waals surface area (Å²) in [7, 11) is 1.57. The van der Waals surface area contributed by atoms with Gasteiger partial charge in [0, 0.05) is 20.1 Å². The monoisotopic (exact) mass is 246 g/mol. The second kappa shape index (κ2) is 5.83. The second-order valence-electron chi connectivity index (χ2n) is 4.16. The number of aliphatic carboxylic acids is 1. The Morgan fingerprint density at radius 3 is 2.76 bits per heavy atom. The van der Waals surface area contributed by atoms with Gasteiger partial charge >= 0.3 is 12.0 Å². The molecule has 0 aliphatic carbocycles. The standard InChI is InChI=1S/C10H18N2O5/c1-7(13)5-11(2)10(16)12-3-4-17-8(6-12)9(14)15/h7-8,13H,3-6H2,1-2H3,(H,14,15). The minimum atomic E-state index is -1.07. The number of hydrogen-bond donors (Lipinski definition) is 2. The molecule has 1 saturated heterocycles. The number of nitrogens with zero attached hydrogens (tertiary/aromatic N) is 2. The van der Waals surface area contributed by atoms with Crippen LogP contribution in [0.5, 0.6) is 0 Å². The van der Waals surface area contributed by atoms with Crippen molar-refractivity contribution >= 4 is 12.0 Å². The summed E-state index contributed by atoms with van der Waals surface area (Å²) in [5.74, 6) is -1.07. The smallest absolute Gasteiger partial charge is 0.334 e. The van der Waals surface area contributed by atoms with Gasteiger partial charge < -0.3 is 24.7 Å². The molecule has 7 nitrogen and oxygen atoms in total. The molecule has 0 aromatic rings. The Bertz CT molecular complexity index is 294. The number of rotatable bonds is 3. The van der Waals surface area contributed by atoms with E-state index in [9.17, 15) is 14.7 Å². The molecule has 1 heterocycles. The van der Waals surface area contributed by atoms with Crippen molar-refractivity contribution < 1.29 is 24.5 Å². The van der Waals surface area contributed by atoms with Crippen molar-refractivity contribution in [2.24, 2.45) is 0 Å². The molecule has 0 aromatic carbocycles. The van der Waals surface area contributed by atoms with Gasteiger partial charge in [0.15, 0.2) is 6.10 Å². The van der Waals surface area contributed by atoms with Crippen molar-refractivity contribution in [1.82, 2.24) is 9.80 Å². The minimum absolute atomic E-state index is 0.0400. The molecule has 1 rings (SSSR count). The topological polar surface area (TPSA) is 90.3 Å². The fourth-order valence-electron chi connectivity index (χ4n) is 1.69. The summed E-state index contributed by atoms with van der Waals surface area (Å²) in [6, 6.07) is -0.291. The first-order chi connectivity index (χ1) is 7.91. The van der Waals surface area contributed by atoms with Crippen LogP contribution >= 0.6 is 0 Å². The van der Waals surface area contributed by atoms with Crippen LogP contribution in [-0.4, -0.2) is 77.5 Å². The number of ether oxygens (including phenoxy) is 1. The van der Waals surface area contributed by atoms with Gasteiger partial charge in [-0.25, -0.2) is 9.59 Å². The lowest BCUT2D eigenvalue weighted by Crippen LogP contribution is -2.52. The maximum Gasteiger partial charge on any atom is 0.334 e. The van der Waals surface area contributed by atoms with Gasteiger partial charge in [-0.2, -0.15) is 0 Å². The summed E-state index contributed by atoms with van der Waals surface area (Å²) in [5.41, 5.74) is 0. The lowest BCUT2D eigenvalue weighted by atomic mass is 10.3. The van der Waals surface area contributed by atoms with E-state index in [4.69, 9.17) is 9.84 Å². The molecule has 0 bridgehead atoms. The Labute approximate surface area is 99.6 Å². The zero-order valence-corrected chi connectivity index (χ0v) is 10.00. The number of carboxylic acids is 1. The zero-order valence-electron chi connectivity index (χ0n) is 10.00. The molecule has 2 N–H and O–H groups in total. The molecule has 7 heteroatoms. The number of aliphatic hydroxyl groups is 1. The summed E-state index contributed by atoms with van der Waals surface area (Å²) >= 11 is 0. The van der Waals surface area contributed by atoms with E-state index in [-0.39, 0.29) is 25.7 Å². The average molecular weight is 246 g/mol. The van der Waals surface area contributed by atoms with Crippen molar-refractivity contribution in [2.45, 2.75) is 19.1 Å². The first kappa shape index (κ1) is 13.7. The predicted octanol–water partition coefficient (Wildman–Crippen LogP) is -0.796. The van der Waals surface area contributed by atoms with Gasteiger partial charge in [0.2, 0.25) is 0 Å². The van der Waals surface area contributed by atoms with Gasteiger partial charge in [0.05, 0.1) is 19.3 Å². The molecule has 0 saturated carbocycles. The molecule has 2 amide bonds. The number of urea groups is 1. The number of carboxylic acid groups (broad SMARTS) is 1. The fourth-order valence-corrected chi connectivity index (χ4v) is 1.69. The Morgan fingerprint density at radius 2 is 2.24 bits per heavy atom. The van der Waals surface area contributed by atoms with Crippen molar-refractivity contribution in [3.05, 3.63) is 0 Å². The van der Waals surface area contributed by atoms with Crippen LogP contribution in [-0.2, 0) is 9.53 Å². The summed E-state index contributed by atoms with van der Waals surface area (Å²) in [6.45, 7) is 2.42. The second-order valence-corrected chi connectivity index (χ2v) is 4.16. The highest BCUT2D eigenvalue weighted by molar-refractivity contribution is 5.77. The first-order valence-electron chi connectivity index (χ1n) is 5.44. The molecule has 0 radical (unpaired) electrons. The number of hydrogen-bond acceptors (Lipinski definition) is 4. The molecule has 2 atom stereocenters. The lowest BCUT2D eigenvalue weighted by Gasteiger charge is -2.34. The van der Waals surface area contributed by atoms with E-state index < -0.39 is 18.2 Å². The number of carbonyl (C=O) groups is 2. The zero-order chi connectivity index (χ0) is 13.0. The van der Waals surface area contributed by atoms with Gasteiger partial charge in [-0.3, -0.25) is 0 Å². The molecule has 17 heavy (non-hydrogen) atoms. The van der Waals surface area contributed by atoms with Gasteiger partial charge in [0.1, 0.15) is 0 Å². The molecular weight excluding hydrogens is 228 g/mol. The molecule has 0 aromatic heterocycles. The number of likely N-dealkylation sites (N-methyl/N-ethyl adjacent to an activating group) is 1. The molecular formula is C10H18N2O5. The molecule has 0 spiro atoms. The average Bonchev–Trinajstić information content (AvgIpc) is 2.27. The maximum absolute atomic E-state index is 11.9. The Hall–Kier alpha value is -1.34. The van der Waals surface area contributed by atoms with Crippen LogP contribution < -0.4 is 0 Å². The van der Waals surface area contributed by atoms with Crippen molar-refractivity contribution in [2.75, 3.05) is 33.3 Å². The Kier molecular flexibility index (Phi) is 4.71. The van der Waals surface area contributed by atoms with E-state index in [0.29, 0.717) is 6.54 Å². The lowest BCUT2D eigenvalue weighted by molar-refractivity contribution is -0.154. The quantitative estimate of drug-likeness (QED) is 0.680. The molecule has 1 aliphatic heterocycles. The van der Waals surface area contributed by atoms with E-state index in [2.05, 4.69) is 0 Å². The minimum Gasteiger partial charge on any atom is -0.479 e. The van der Waals surface area contributed by atoms with Gasteiger partial charge in [-0.05, 0) is 6.92 Å². The number of amides is 2. The predicted molar refractivity (Wildman–Crippen MR) is 58.7 cm³/mol. The number of aliphatic hydroxyl groups excluding tert-OH is 1. The Balaban J connectivity index is 2.54. The molecule has 2 unspecified atom stereocenters. The molecule has 1 aliphatic rings. The normalized spacial score (nSPS) is 22.1. The van der Waals surface area contributed by atoms with Crippen LogP contribution in [0.2, 0.25) is 0 Å². The third-order valence-corrected chi connectivity index (χ3v) is 2.48. The fraction of sp³-hybridized carbons (Fsp3) is 0.800. The summed E-state index contributed by atoms with van der Waals surface area (Å²) < 4.78 is 5.02.